The van der Waals surface area contributed by atoms with Crippen LogP contribution in [0.3, 0.4) is 0 Å². The second-order valence-electron chi connectivity index (χ2n) is 13.2. The third-order valence-corrected chi connectivity index (χ3v) is 11.4. The van der Waals surface area contributed by atoms with Crippen molar-refractivity contribution in [3.63, 3.8) is 0 Å². The molecular weight excluding hydrogens is 653 g/mol. The Hall–Kier alpha value is -6.69. The number of hydrogen-bond acceptors (Lipinski definition) is 4. The lowest BCUT2D eigenvalue weighted by Gasteiger charge is -2.13. The van der Waals surface area contributed by atoms with Gasteiger partial charge in [-0.3, -0.25) is 0 Å². The molecular formula is C47H28N4S. The molecule has 0 aliphatic carbocycles. The minimum absolute atomic E-state index is 0.904. The van der Waals surface area contributed by atoms with Crippen molar-refractivity contribution >= 4 is 75.3 Å². The fourth-order valence-corrected chi connectivity index (χ4v) is 9.08. The van der Waals surface area contributed by atoms with Crippen LogP contribution < -0.4 is 0 Å². The van der Waals surface area contributed by atoms with E-state index in [1.165, 1.54) is 36.6 Å². The second kappa shape index (κ2) is 11.4. The lowest BCUT2D eigenvalue weighted by molar-refractivity contribution is 1.19. The lowest BCUT2D eigenvalue weighted by atomic mass is 10.0. The first kappa shape index (κ1) is 29.1. The summed E-state index contributed by atoms with van der Waals surface area (Å²) in [6.07, 6.45) is 0. The predicted molar refractivity (Wildman–Crippen MR) is 218 cm³/mol. The van der Waals surface area contributed by atoms with Gasteiger partial charge in [-0.2, -0.15) is 0 Å². The Morgan fingerprint density at radius 1 is 0.442 bits per heavy atom. The van der Waals surface area contributed by atoms with Crippen LogP contribution in [0.5, 0.6) is 0 Å². The molecule has 5 aromatic heterocycles. The van der Waals surface area contributed by atoms with Gasteiger partial charge in [0.25, 0.3) is 0 Å². The minimum Gasteiger partial charge on any atom is -0.308 e. The van der Waals surface area contributed by atoms with Gasteiger partial charge in [0.15, 0.2) is 0 Å². The number of benzene rings is 6. The van der Waals surface area contributed by atoms with Crippen LogP contribution in [0.2, 0.25) is 0 Å². The maximum absolute atomic E-state index is 5.32. The van der Waals surface area contributed by atoms with Gasteiger partial charge in [-0.15, -0.1) is 11.3 Å². The maximum Gasteiger partial charge on any atom is 0.0972 e. The van der Waals surface area contributed by atoms with Crippen molar-refractivity contribution in [2.24, 2.45) is 0 Å². The molecule has 0 fully saturated rings. The number of nitrogens with zero attached hydrogens (tertiary/aromatic N) is 4. The van der Waals surface area contributed by atoms with E-state index in [2.05, 4.69) is 168 Å². The SMILES string of the molecule is c1ccc(-c2ccc3ccc4ccc(-c5cccc(-n6c7ccccc7c7sc8c9ccccc9nc(-c9ccccc9)c8c76)c5)nc4c3n2)cc1. The molecule has 0 spiro atoms. The smallest absolute Gasteiger partial charge is 0.0972 e. The molecule has 0 saturated carbocycles. The maximum atomic E-state index is 5.32. The average Bonchev–Trinajstić information content (AvgIpc) is 3.76. The third kappa shape index (κ3) is 4.43. The van der Waals surface area contributed by atoms with Gasteiger partial charge in [0.2, 0.25) is 0 Å². The quantitative estimate of drug-likeness (QED) is 0.174. The molecule has 0 saturated heterocycles. The number of para-hydroxylation sites is 2. The van der Waals surface area contributed by atoms with E-state index in [-0.39, 0.29) is 0 Å². The first-order valence-corrected chi connectivity index (χ1v) is 18.3. The summed E-state index contributed by atoms with van der Waals surface area (Å²) in [6.45, 7) is 0. The topological polar surface area (TPSA) is 43.6 Å². The molecule has 0 aliphatic rings. The first-order chi connectivity index (χ1) is 25.8. The molecule has 52 heavy (non-hydrogen) atoms. The Morgan fingerprint density at radius 2 is 1.04 bits per heavy atom. The zero-order valence-corrected chi connectivity index (χ0v) is 28.7. The second-order valence-corrected chi connectivity index (χ2v) is 14.2. The van der Waals surface area contributed by atoms with Gasteiger partial charge in [-0.1, -0.05) is 133 Å². The van der Waals surface area contributed by atoms with E-state index < -0.39 is 0 Å². The summed E-state index contributed by atoms with van der Waals surface area (Å²) in [5, 5.41) is 5.75. The molecule has 11 rings (SSSR count). The molecule has 11 aromatic rings. The minimum atomic E-state index is 0.904. The molecule has 5 heteroatoms. The van der Waals surface area contributed by atoms with Crippen LogP contribution in [-0.4, -0.2) is 19.5 Å². The highest BCUT2D eigenvalue weighted by Gasteiger charge is 2.23. The molecule has 0 N–H and O–H groups in total. The van der Waals surface area contributed by atoms with Crippen molar-refractivity contribution in [3.8, 4) is 39.5 Å². The van der Waals surface area contributed by atoms with Crippen LogP contribution in [0, 0.1) is 0 Å². The predicted octanol–water partition coefficient (Wildman–Crippen LogP) is 12.6. The van der Waals surface area contributed by atoms with E-state index in [0.717, 1.165) is 66.8 Å². The number of rotatable bonds is 4. The van der Waals surface area contributed by atoms with Gasteiger partial charge in [-0.05, 0) is 36.4 Å². The Balaban J connectivity index is 1.16. The Kier molecular flexibility index (Phi) is 6.39. The molecule has 0 unspecified atom stereocenters. The van der Waals surface area contributed by atoms with Crippen molar-refractivity contribution in [2.75, 3.05) is 0 Å². The van der Waals surface area contributed by atoms with Gasteiger partial charge in [-0.25, -0.2) is 15.0 Å². The van der Waals surface area contributed by atoms with Crippen LogP contribution in [0.1, 0.15) is 0 Å². The molecule has 6 aromatic carbocycles. The fraction of sp³-hybridized carbons (Fsp3) is 0. The van der Waals surface area contributed by atoms with Gasteiger partial charge in [0.1, 0.15) is 0 Å². The zero-order chi connectivity index (χ0) is 34.2. The van der Waals surface area contributed by atoms with Crippen LogP contribution in [-0.2, 0) is 0 Å². The largest absolute Gasteiger partial charge is 0.308 e. The molecule has 0 bridgehead atoms. The zero-order valence-electron chi connectivity index (χ0n) is 27.9. The summed E-state index contributed by atoms with van der Waals surface area (Å²) in [7, 11) is 0. The summed E-state index contributed by atoms with van der Waals surface area (Å²) >= 11 is 1.87. The van der Waals surface area contributed by atoms with Crippen molar-refractivity contribution in [1.29, 1.82) is 0 Å². The fourth-order valence-electron chi connectivity index (χ4n) is 7.72. The number of fused-ring (bicyclic) bond motifs is 10. The van der Waals surface area contributed by atoms with Gasteiger partial charge in [0, 0.05) is 54.0 Å². The van der Waals surface area contributed by atoms with E-state index in [4.69, 9.17) is 15.0 Å². The number of aromatic nitrogens is 4. The number of hydrogen-bond donors (Lipinski definition) is 0. The highest BCUT2D eigenvalue weighted by atomic mass is 32.1. The van der Waals surface area contributed by atoms with Crippen LogP contribution >= 0.6 is 11.3 Å². The highest BCUT2D eigenvalue weighted by Crippen LogP contribution is 2.47. The van der Waals surface area contributed by atoms with Crippen LogP contribution in [0.4, 0.5) is 0 Å². The Bertz CT molecular complexity index is 3180. The Morgan fingerprint density at radius 3 is 1.79 bits per heavy atom. The molecule has 5 heterocycles. The first-order valence-electron chi connectivity index (χ1n) is 17.5. The average molecular weight is 681 g/mol. The van der Waals surface area contributed by atoms with Crippen molar-refractivity contribution in [3.05, 3.63) is 170 Å². The lowest BCUT2D eigenvalue weighted by Crippen LogP contribution is -1.96. The third-order valence-electron chi connectivity index (χ3n) is 10.2. The van der Waals surface area contributed by atoms with Gasteiger partial charge >= 0.3 is 0 Å². The van der Waals surface area contributed by atoms with Crippen LogP contribution in [0.15, 0.2) is 170 Å². The summed E-state index contributed by atoms with van der Waals surface area (Å²) in [4.78, 5) is 15.8. The summed E-state index contributed by atoms with van der Waals surface area (Å²) < 4.78 is 4.96. The van der Waals surface area contributed by atoms with E-state index >= 15 is 0 Å². The van der Waals surface area contributed by atoms with Gasteiger partial charge < -0.3 is 4.57 Å². The molecule has 4 nitrogen and oxygen atoms in total. The van der Waals surface area contributed by atoms with E-state index in [1.54, 1.807) is 0 Å². The Labute approximate surface area is 302 Å². The van der Waals surface area contributed by atoms with Crippen LogP contribution in [0.25, 0.3) is 103 Å². The molecule has 0 radical (unpaired) electrons. The van der Waals surface area contributed by atoms with E-state index in [9.17, 15) is 0 Å². The number of thiophene rings is 1. The standard InChI is InChI=1S/C47H28N4S/c1-3-12-29(13-4-1)37-26-24-31-22-23-32-25-27-38(49-44(32)43(31)48-37)33-16-11-17-34(28-33)51-40-21-10-8-19-36(40)47-45(51)41-42(30-14-5-2-6-15-30)50-39-20-9-7-18-35(39)46(41)52-47/h1-28H. The van der Waals surface area contributed by atoms with Crippen molar-refractivity contribution in [2.45, 2.75) is 0 Å². The van der Waals surface area contributed by atoms with Gasteiger partial charge in [0.05, 0.1) is 49.4 Å². The van der Waals surface area contributed by atoms with E-state index in [1.807, 2.05) is 17.4 Å². The molecule has 0 aliphatic heterocycles. The normalized spacial score (nSPS) is 11.8. The summed E-state index contributed by atoms with van der Waals surface area (Å²) in [6, 6.07) is 59.8. The summed E-state index contributed by atoms with van der Waals surface area (Å²) in [5.41, 5.74) is 12.4. The summed E-state index contributed by atoms with van der Waals surface area (Å²) in [5.74, 6) is 0. The molecule has 0 amide bonds. The van der Waals surface area contributed by atoms with Crippen molar-refractivity contribution in [1.82, 2.24) is 19.5 Å². The monoisotopic (exact) mass is 680 g/mol. The molecule has 0 atom stereocenters. The number of pyridine rings is 3. The van der Waals surface area contributed by atoms with E-state index in [0.29, 0.717) is 0 Å². The van der Waals surface area contributed by atoms with Crippen molar-refractivity contribution < 1.29 is 0 Å². The molecule has 242 valence electrons. The highest BCUT2D eigenvalue weighted by molar-refractivity contribution is 7.27.